The first-order chi connectivity index (χ1) is 11.9. The summed E-state index contributed by atoms with van der Waals surface area (Å²) in [5.41, 5.74) is 2.06. The minimum Gasteiger partial charge on any atom is -0.508 e. The van der Waals surface area contributed by atoms with E-state index in [0.29, 0.717) is 5.92 Å². The molecule has 0 fully saturated rings. The number of anilines is 1. The molecule has 132 valence electrons. The molecule has 0 saturated carbocycles. The fraction of sp³-hybridized carbons (Fsp3) is 0.300. The van der Waals surface area contributed by atoms with E-state index in [9.17, 15) is 14.7 Å². The van der Waals surface area contributed by atoms with E-state index in [-0.39, 0.29) is 17.2 Å². The van der Waals surface area contributed by atoms with Gasteiger partial charge in [0, 0.05) is 5.69 Å². The number of amides is 1. The molecule has 0 unspecified atom stereocenters. The van der Waals surface area contributed by atoms with Crippen LogP contribution in [0.2, 0.25) is 0 Å². The van der Waals surface area contributed by atoms with Gasteiger partial charge < -0.3 is 15.2 Å². The smallest absolute Gasteiger partial charge is 0.338 e. The summed E-state index contributed by atoms with van der Waals surface area (Å²) in [5.74, 6) is -0.629. The molecule has 0 aliphatic rings. The SMILES string of the molecule is CC[C@H](C)c1ccccc1NC(=O)[C@@H](C)OC(=O)c1ccc(O)cc1. The normalized spacial score (nSPS) is 12.9. The molecular weight excluding hydrogens is 318 g/mol. The monoisotopic (exact) mass is 341 g/mol. The van der Waals surface area contributed by atoms with Gasteiger partial charge in [0.05, 0.1) is 5.56 Å². The van der Waals surface area contributed by atoms with Gasteiger partial charge in [-0.05, 0) is 55.2 Å². The fourth-order valence-electron chi connectivity index (χ4n) is 2.37. The van der Waals surface area contributed by atoms with Crippen molar-refractivity contribution in [3.05, 3.63) is 59.7 Å². The van der Waals surface area contributed by atoms with Crippen LogP contribution < -0.4 is 5.32 Å². The van der Waals surface area contributed by atoms with Crippen LogP contribution in [0, 0.1) is 0 Å². The third-order valence-electron chi connectivity index (χ3n) is 4.12. The molecule has 2 rings (SSSR count). The van der Waals surface area contributed by atoms with E-state index in [4.69, 9.17) is 4.74 Å². The Morgan fingerprint density at radius 1 is 1.08 bits per heavy atom. The molecule has 2 aromatic carbocycles. The number of esters is 1. The van der Waals surface area contributed by atoms with E-state index in [0.717, 1.165) is 17.7 Å². The second-order valence-corrected chi connectivity index (χ2v) is 5.98. The number of hydrogen-bond donors (Lipinski definition) is 2. The van der Waals surface area contributed by atoms with Gasteiger partial charge in [-0.15, -0.1) is 0 Å². The minimum absolute atomic E-state index is 0.0593. The molecule has 5 nitrogen and oxygen atoms in total. The summed E-state index contributed by atoms with van der Waals surface area (Å²) in [7, 11) is 0. The summed E-state index contributed by atoms with van der Waals surface area (Å²) in [5, 5.41) is 12.1. The van der Waals surface area contributed by atoms with Crippen LogP contribution in [0.25, 0.3) is 0 Å². The standard InChI is InChI=1S/C20H23NO4/c1-4-13(2)17-7-5-6-8-18(17)21-19(23)14(3)25-20(24)15-9-11-16(22)12-10-15/h5-14,22H,4H2,1-3H3,(H,21,23)/t13-,14+/m0/s1. The minimum atomic E-state index is -0.939. The van der Waals surface area contributed by atoms with E-state index < -0.39 is 12.1 Å². The summed E-state index contributed by atoms with van der Waals surface area (Å²) < 4.78 is 5.20. The van der Waals surface area contributed by atoms with E-state index in [1.54, 1.807) is 0 Å². The molecule has 5 heteroatoms. The molecule has 0 aliphatic carbocycles. The number of hydrogen-bond acceptors (Lipinski definition) is 4. The van der Waals surface area contributed by atoms with Crippen molar-refractivity contribution < 1.29 is 19.4 Å². The fourth-order valence-corrected chi connectivity index (χ4v) is 2.37. The number of carbonyl (C=O) groups excluding carboxylic acids is 2. The molecule has 0 saturated heterocycles. The molecule has 1 amide bonds. The maximum Gasteiger partial charge on any atom is 0.338 e. The van der Waals surface area contributed by atoms with E-state index >= 15 is 0 Å². The third-order valence-corrected chi connectivity index (χ3v) is 4.12. The zero-order valence-electron chi connectivity index (χ0n) is 14.7. The zero-order chi connectivity index (χ0) is 18.4. The Hall–Kier alpha value is -2.82. The highest BCUT2D eigenvalue weighted by molar-refractivity contribution is 5.97. The van der Waals surface area contributed by atoms with E-state index in [1.807, 2.05) is 24.3 Å². The van der Waals surface area contributed by atoms with Crippen LogP contribution in [0.1, 0.15) is 49.0 Å². The van der Waals surface area contributed by atoms with Crippen LogP contribution in [-0.4, -0.2) is 23.1 Å². The van der Waals surface area contributed by atoms with Crippen molar-refractivity contribution in [2.24, 2.45) is 0 Å². The maximum atomic E-state index is 12.4. The van der Waals surface area contributed by atoms with Crippen LogP contribution in [0.3, 0.4) is 0 Å². The van der Waals surface area contributed by atoms with Gasteiger partial charge in [-0.1, -0.05) is 32.0 Å². The molecule has 2 aromatic rings. The molecule has 25 heavy (non-hydrogen) atoms. The van der Waals surface area contributed by atoms with Gasteiger partial charge in [0.25, 0.3) is 5.91 Å². The van der Waals surface area contributed by atoms with Crippen molar-refractivity contribution in [3.8, 4) is 5.75 Å². The third kappa shape index (κ3) is 4.83. The lowest BCUT2D eigenvalue weighted by Gasteiger charge is -2.18. The van der Waals surface area contributed by atoms with E-state index in [2.05, 4.69) is 19.2 Å². The summed E-state index contributed by atoms with van der Waals surface area (Å²) in [4.78, 5) is 24.4. The van der Waals surface area contributed by atoms with Gasteiger partial charge in [0.2, 0.25) is 0 Å². The molecular formula is C20H23NO4. The number of aromatic hydroxyl groups is 1. The van der Waals surface area contributed by atoms with Crippen molar-refractivity contribution in [2.75, 3.05) is 5.32 Å². The quantitative estimate of drug-likeness (QED) is 0.776. The number of phenolic OH excluding ortho intramolecular Hbond substituents is 1. The van der Waals surface area contributed by atoms with Crippen molar-refractivity contribution in [1.82, 2.24) is 0 Å². The number of rotatable bonds is 6. The average molecular weight is 341 g/mol. The number of para-hydroxylation sites is 1. The number of phenols is 1. The van der Waals surface area contributed by atoms with Crippen LogP contribution in [0.15, 0.2) is 48.5 Å². The Labute approximate surface area is 147 Å². The molecule has 0 radical (unpaired) electrons. The molecule has 2 atom stereocenters. The highest BCUT2D eigenvalue weighted by Crippen LogP contribution is 2.26. The van der Waals surface area contributed by atoms with Gasteiger partial charge in [-0.2, -0.15) is 0 Å². The lowest BCUT2D eigenvalue weighted by atomic mass is 9.97. The van der Waals surface area contributed by atoms with Gasteiger partial charge in [0.15, 0.2) is 6.10 Å². The largest absolute Gasteiger partial charge is 0.508 e. The Morgan fingerprint density at radius 2 is 1.72 bits per heavy atom. The average Bonchev–Trinajstić information content (AvgIpc) is 2.61. The van der Waals surface area contributed by atoms with Crippen LogP contribution in [-0.2, 0) is 9.53 Å². The molecule has 0 bridgehead atoms. The van der Waals surface area contributed by atoms with E-state index in [1.165, 1.54) is 31.2 Å². The molecule has 0 spiro atoms. The zero-order valence-corrected chi connectivity index (χ0v) is 14.7. The number of carbonyl (C=O) groups is 2. The Kier molecular flexibility index (Phi) is 6.17. The summed E-state index contributed by atoms with van der Waals surface area (Å²) in [6, 6.07) is 13.3. The summed E-state index contributed by atoms with van der Waals surface area (Å²) >= 11 is 0. The lowest BCUT2D eigenvalue weighted by molar-refractivity contribution is -0.123. The molecule has 0 aliphatic heterocycles. The Morgan fingerprint density at radius 3 is 2.36 bits per heavy atom. The van der Waals surface area contributed by atoms with Gasteiger partial charge in [0.1, 0.15) is 5.75 Å². The van der Waals surface area contributed by atoms with Crippen LogP contribution in [0.5, 0.6) is 5.75 Å². The summed E-state index contributed by atoms with van der Waals surface area (Å²) in [6.45, 7) is 5.71. The maximum absolute atomic E-state index is 12.4. The van der Waals surface area contributed by atoms with Crippen LogP contribution >= 0.6 is 0 Å². The first kappa shape index (κ1) is 18.5. The van der Waals surface area contributed by atoms with Crippen LogP contribution in [0.4, 0.5) is 5.69 Å². The summed E-state index contributed by atoms with van der Waals surface area (Å²) in [6.07, 6.45) is 0.0180. The first-order valence-corrected chi connectivity index (χ1v) is 8.32. The first-order valence-electron chi connectivity index (χ1n) is 8.32. The van der Waals surface area contributed by atoms with Gasteiger partial charge in [-0.3, -0.25) is 4.79 Å². The van der Waals surface area contributed by atoms with Gasteiger partial charge >= 0.3 is 5.97 Å². The lowest BCUT2D eigenvalue weighted by Crippen LogP contribution is -2.30. The van der Waals surface area contributed by atoms with Crippen molar-refractivity contribution in [3.63, 3.8) is 0 Å². The Bertz CT molecular complexity index is 740. The molecule has 2 N–H and O–H groups in total. The van der Waals surface area contributed by atoms with Crippen molar-refractivity contribution in [1.29, 1.82) is 0 Å². The highest BCUT2D eigenvalue weighted by atomic mass is 16.5. The predicted octanol–water partition coefficient (Wildman–Crippen LogP) is 4.09. The number of nitrogens with one attached hydrogen (secondary N) is 1. The topological polar surface area (TPSA) is 75.6 Å². The van der Waals surface area contributed by atoms with Crippen molar-refractivity contribution >= 4 is 17.6 Å². The second-order valence-electron chi connectivity index (χ2n) is 5.98. The Balaban J connectivity index is 2.03. The van der Waals surface area contributed by atoms with Gasteiger partial charge in [-0.25, -0.2) is 4.79 Å². The highest BCUT2D eigenvalue weighted by Gasteiger charge is 2.20. The number of ether oxygens (including phenoxy) is 1. The number of benzene rings is 2. The molecule has 0 heterocycles. The van der Waals surface area contributed by atoms with Crippen molar-refractivity contribution in [2.45, 2.75) is 39.2 Å². The predicted molar refractivity (Wildman–Crippen MR) is 96.8 cm³/mol. The second kappa shape index (κ2) is 8.33. The molecule has 0 aromatic heterocycles.